The monoisotopic (exact) mass is 454 g/mol. The average molecular weight is 455 g/mol. The van der Waals surface area contributed by atoms with Gasteiger partial charge >= 0.3 is 0 Å². The number of aromatic nitrogens is 2. The first-order chi connectivity index (χ1) is 15.3. The summed E-state index contributed by atoms with van der Waals surface area (Å²) in [5.41, 5.74) is 1.81. The number of halogens is 2. The largest absolute Gasteiger partial charge is 0.492 e. The quantitative estimate of drug-likeness (QED) is 0.441. The van der Waals surface area contributed by atoms with Crippen molar-refractivity contribution in [2.75, 3.05) is 25.0 Å². The summed E-state index contributed by atoms with van der Waals surface area (Å²) in [4.78, 5) is 11.1. The van der Waals surface area contributed by atoms with Crippen LogP contribution in [0.3, 0.4) is 0 Å². The number of nitrogens with zero attached hydrogens (tertiary/aromatic N) is 3. The lowest BCUT2D eigenvalue weighted by atomic mass is 10.0. The zero-order chi connectivity index (χ0) is 23.3. The second-order valence-electron chi connectivity index (χ2n) is 7.76. The predicted molar refractivity (Wildman–Crippen MR) is 129 cm³/mol. The fourth-order valence-corrected chi connectivity index (χ4v) is 3.76. The van der Waals surface area contributed by atoms with Crippen molar-refractivity contribution >= 4 is 34.0 Å². The van der Waals surface area contributed by atoms with Gasteiger partial charge in [-0.2, -0.15) is 0 Å². The molecule has 0 aliphatic rings. The molecule has 0 saturated heterocycles. The maximum Gasteiger partial charge on any atom is 0.141 e. The molecule has 0 aliphatic carbocycles. The van der Waals surface area contributed by atoms with Crippen molar-refractivity contribution in [3.8, 4) is 17.6 Å². The Labute approximate surface area is 194 Å². The second-order valence-corrected chi connectivity index (χ2v) is 8.16. The Balaban J connectivity index is 2.08. The van der Waals surface area contributed by atoms with E-state index in [2.05, 4.69) is 59.7 Å². The Kier molecular flexibility index (Phi) is 7.55. The summed E-state index contributed by atoms with van der Waals surface area (Å²) in [5, 5.41) is 4.02. The molecule has 3 rings (SSSR count). The van der Waals surface area contributed by atoms with Gasteiger partial charge in [-0.3, -0.25) is 4.90 Å². The second kappa shape index (κ2) is 10.2. The van der Waals surface area contributed by atoms with Crippen LogP contribution in [0.4, 0.5) is 15.9 Å². The molecule has 0 amide bonds. The molecule has 1 N–H and O–H groups in total. The molecule has 0 aliphatic heterocycles. The molecule has 0 fully saturated rings. The molecule has 5 nitrogen and oxygen atoms in total. The zero-order valence-electron chi connectivity index (χ0n) is 19.1. The Morgan fingerprint density at radius 3 is 2.53 bits per heavy atom. The van der Waals surface area contributed by atoms with Gasteiger partial charge in [0.05, 0.1) is 28.2 Å². The van der Waals surface area contributed by atoms with Crippen LogP contribution in [0, 0.1) is 17.7 Å². The minimum atomic E-state index is -0.473. The van der Waals surface area contributed by atoms with Gasteiger partial charge in [0.1, 0.15) is 23.7 Å². The van der Waals surface area contributed by atoms with Gasteiger partial charge in [0, 0.05) is 17.1 Å². The van der Waals surface area contributed by atoms with Crippen LogP contribution in [-0.2, 0) is 0 Å². The minimum absolute atomic E-state index is 0.0391. The lowest BCUT2D eigenvalue weighted by Crippen LogP contribution is -2.42. The molecule has 0 spiro atoms. The van der Waals surface area contributed by atoms with E-state index in [1.807, 2.05) is 19.1 Å². The van der Waals surface area contributed by atoms with Crippen LogP contribution in [0.1, 0.15) is 40.2 Å². The molecule has 0 bridgehead atoms. The number of hydrogen-bond acceptors (Lipinski definition) is 5. The fourth-order valence-electron chi connectivity index (χ4n) is 3.58. The van der Waals surface area contributed by atoms with Gasteiger partial charge in [-0.05, 0) is 58.1 Å². The lowest BCUT2D eigenvalue weighted by Gasteiger charge is -2.32. The molecule has 1 heterocycles. The predicted octanol–water partition coefficient (Wildman–Crippen LogP) is 6.04. The van der Waals surface area contributed by atoms with E-state index in [4.69, 9.17) is 16.3 Å². The van der Waals surface area contributed by atoms with E-state index in [1.165, 1.54) is 18.5 Å². The molecule has 0 radical (unpaired) electrons. The van der Waals surface area contributed by atoms with Gasteiger partial charge in [-0.25, -0.2) is 14.4 Å². The minimum Gasteiger partial charge on any atom is -0.492 e. The molecule has 32 heavy (non-hydrogen) atoms. The topological polar surface area (TPSA) is 50.3 Å². The summed E-state index contributed by atoms with van der Waals surface area (Å²) in [7, 11) is 0. The smallest absolute Gasteiger partial charge is 0.141 e. The van der Waals surface area contributed by atoms with Gasteiger partial charge < -0.3 is 10.1 Å². The Morgan fingerprint density at radius 1 is 1.12 bits per heavy atom. The van der Waals surface area contributed by atoms with Crippen LogP contribution in [0.15, 0.2) is 36.7 Å². The van der Waals surface area contributed by atoms with E-state index in [9.17, 15) is 4.39 Å². The highest BCUT2D eigenvalue weighted by Crippen LogP contribution is 2.30. The van der Waals surface area contributed by atoms with Crippen LogP contribution in [-0.4, -0.2) is 40.1 Å². The van der Waals surface area contributed by atoms with Crippen molar-refractivity contribution in [2.24, 2.45) is 0 Å². The molecule has 1 aromatic heterocycles. The van der Waals surface area contributed by atoms with Gasteiger partial charge in [0.2, 0.25) is 0 Å². The van der Waals surface area contributed by atoms with Crippen LogP contribution in [0.5, 0.6) is 5.75 Å². The van der Waals surface area contributed by atoms with Crippen molar-refractivity contribution in [3.63, 3.8) is 0 Å². The number of hydrogen-bond donors (Lipinski definition) is 1. The van der Waals surface area contributed by atoms with Crippen LogP contribution in [0.25, 0.3) is 10.9 Å². The maximum atomic E-state index is 13.5. The highest BCUT2D eigenvalue weighted by atomic mass is 35.5. The van der Waals surface area contributed by atoms with E-state index >= 15 is 0 Å². The Morgan fingerprint density at radius 2 is 1.88 bits per heavy atom. The molecule has 7 heteroatoms. The Bertz CT molecular complexity index is 1170. The number of benzene rings is 2. The molecule has 3 aromatic rings. The van der Waals surface area contributed by atoms with Gasteiger partial charge in [0.25, 0.3) is 0 Å². The van der Waals surface area contributed by atoms with Crippen LogP contribution < -0.4 is 10.1 Å². The summed E-state index contributed by atoms with van der Waals surface area (Å²) >= 11 is 5.93. The number of anilines is 2. The molecule has 0 unspecified atom stereocenters. The summed E-state index contributed by atoms with van der Waals surface area (Å²) in [6.45, 7) is 12.8. The first kappa shape index (κ1) is 23.8. The zero-order valence-corrected chi connectivity index (χ0v) is 19.8. The molecular weight excluding hydrogens is 427 g/mol. The van der Waals surface area contributed by atoms with Crippen LogP contribution >= 0.6 is 11.6 Å². The first-order valence-corrected chi connectivity index (χ1v) is 11.1. The van der Waals surface area contributed by atoms with Crippen molar-refractivity contribution in [2.45, 2.75) is 40.2 Å². The van der Waals surface area contributed by atoms with Crippen LogP contribution in [0.2, 0.25) is 5.02 Å². The van der Waals surface area contributed by atoms with E-state index in [0.717, 1.165) is 24.0 Å². The summed E-state index contributed by atoms with van der Waals surface area (Å²) in [5.74, 6) is 7.50. The third-order valence-electron chi connectivity index (χ3n) is 5.28. The van der Waals surface area contributed by atoms with Gasteiger partial charge in [-0.1, -0.05) is 37.3 Å². The average Bonchev–Trinajstić information content (AvgIpc) is 2.76. The van der Waals surface area contributed by atoms with E-state index in [0.29, 0.717) is 29.4 Å². The Hall–Kier alpha value is -2.88. The van der Waals surface area contributed by atoms with E-state index in [1.54, 1.807) is 6.07 Å². The SMILES string of the molecule is CCOc1cc2ncnc(Nc3ccc(F)c(Cl)c3)c2cc1C#CC(C)(C)N(CC)CC. The third kappa shape index (κ3) is 5.29. The summed E-state index contributed by atoms with van der Waals surface area (Å²) < 4.78 is 19.4. The van der Waals surface area contributed by atoms with Crippen molar-refractivity contribution < 1.29 is 9.13 Å². The van der Waals surface area contributed by atoms with Gasteiger partial charge in [-0.15, -0.1) is 0 Å². The number of ether oxygens (including phenoxy) is 1. The number of nitrogens with one attached hydrogen (secondary N) is 1. The highest BCUT2D eigenvalue weighted by Gasteiger charge is 2.21. The molecule has 168 valence electrons. The normalized spacial score (nSPS) is 11.4. The third-order valence-corrected chi connectivity index (χ3v) is 5.57. The number of fused-ring (bicyclic) bond motifs is 1. The molecule has 0 saturated carbocycles. The van der Waals surface area contributed by atoms with Gasteiger partial charge in [0.15, 0.2) is 0 Å². The fraction of sp³-hybridized carbons (Fsp3) is 0.360. The van der Waals surface area contributed by atoms with Crippen molar-refractivity contribution in [1.82, 2.24) is 14.9 Å². The van der Waals surface area contributed by atoms with E-state index in [-0.39, 0.29) is 10.6 Å². The molecule has 0 atom stereocenters. The number of rotatable bonds is 7. The summed E-state index contributed by atoms with van der Waals surface area (Å²) in [6.07, 6.45) is 1.47. The first-order valence-electron chi connectivity index (χ1n) is 10.7. The summed E-state index contributed by atoms with van der Waals surface area (Å²) in [6, 6.07) is 8.24. The van der Waals surface area contributed by atoms with Crippen molar-refractivity contribution in [1.29, 1.82) is 0 Å². The van der Waals surface area contributed by atoms with Crippen molar-refractivity contribution in [3.05, 3.63) is 53.1 Å². The van der Waals surface area contributed by atoms with E-state index < -0.39 is 5.82 Å². The standard InChI is InChI=1S/C25H28ClFN4O/c1-6-31(7-2)25(4,5)12-11-17-13-19-22(15-23(17)32-8-3)28-16-29-24(19)30-18-9-10-21(27)20(26)14-18/h9-10,13-16H,6-8H2,1-5H3,(H,28,29,30). The highest BCUT2D eigenvalue weighted by molar-refractivity contribution is 6.31. The maximum absolute atomic E-state index is 13.5. The molecular formula is C25H28ClFN4O. The molecule has 2 aromatic carbocycles. The lowest BCUT2D eigenvalue weighted by molar-refractivity contribution is 0.189.